The molecule has 0 radical (unpaired) electrons. The fraction of sp³-hybridized carbons (Fsp3) is 0.0597. The number of rotatable bonds is 15. The van der Waals surface area contributed by atoms with E-state index in [0.717, 1.165) is 108 Å². The van der Waals surface area contributed by atoms with E-state index >= 15 is 0 Å². The smallest absolute Gasteiger partial charge is 0.315 e. The molecule has 0 saturated heterocycles. The van der Waals surface area contributed by atoms with Gasteiger partial charge >= 0.3 is 10.1 Å². The van der Waals surface area contributed by atoms with Crippen LogP contribution in [0.25, 0.3) is 90.9 Å². The predicted molar refractivity (Wildman–Crippen MR) is 312 cm³/mol. The summed E-state index contributed by atoms with van der Waals surface area (Å²) in [6.45, 7) is 0.948. The SMILES string of the molecule is O=S(=O)(O)c1ccccc1[C+](c1ccc(O)cc1)c1ccc(OCCCCOc2ccc(-c3c4nc(c(-c5ccccc5)c5ccc([nH]5)c(-c5ccccc5)c5nc(c(-c6ccccc6)c6ccc3[nH]6)C=C5)C=C4)cc2)cc1. The fourth-order valence-corrected chi connectivity index (χ4v) is 11.0. The highest BCUT2D eigenvalue weighted by Gasteiger charge is 2.30. The van der Waals surface area contributed by atoms with Gasteiger partial charge in [0, 0.05) is 68.6 Å². The first-order valence-electron chi connectivity index (χ1n) is 25.7. The quantitative estimate of drug-likeness (QED) is 0.0343. The number of H-pyrrole nitrogens is 2. The Morgan fingerprint density at radius 3 is 1.15 bits per heavy atom. The number of phenols is 1. The van der Waals surface area contributed by atoms with Crippen LogP contribution in [0.1, 0.15) is 52.3 Å². The van der Waals surface area contributed by atoms with Crippen molar-refractivity contribution in [2.75, 3.05) is 13.2 Å². The van der Waals surface area contributed by atoms with Crippen molar-refractivity contribution < 1.29 is 27.6 Å². The van der Waals surface area contributed by atoms with Gasteiger partial charge in [0.15, 0.2) is 0 Å². The molecule has 78 heavy (non-hydrogen) atoms. The lowest BCUT2D eigenvalue weighted by Crippen LogP contribution is -2.11. The molecule has 0 unspecified atom stereocenters. The number of ether oxygens (including phenoxy) is 2. The molecule has 0 amide bonds. The second-order valence-corrected chi connectivity index (χ2v) is 20.3. The van der Waals surface area contributed by atoms with Gasteiger partial charge in [-0.1, -0.05) is 103 Å². The van der Waals surface area contributed by atoms with Crippen molar-refractivity contribution in [2.24, 2.45) is 0 Å². The number of hydrogen-bond donors (Lipinski definition) is 4. The lowest BCUT2D eigenvalue weighted by molar-refractivity contribution is 0.266. The van der Waals surface area contributed by atoms with Crippen LogP contribution < -0.4 is 9.47 Å². The van der Waals surface area contributed by atoms with E-state index in [1.165, 1.54) is 18.2 Å². The fourth-order valence-electron chi connectivity index (χ4n) is 10.3. The maximum Gasteiger partial charge on any atom is 0.315 e. The molecule has 3 aromatic heterocycles. The zero-order valence-corrected chi connectivity index (χ0v) is 43.0. The summed E-state index contributed by atoms with van der Waals surface area (Å²) in [6, 6.07) is 68.1. The molecule has 11 heteroatoms. The highest BCUT2D eigenvalue weighted by Crippen LogP contribution is 2.40. The number of aromatic nitrogens is 4. The average Bonchev–Trinajstić information content (AvgIpc) is 4.44. The first kappa shape index (κ1) is 49.2. The minimum atomic E-state index is -4.53. The number of phenolic OH excluding ortho intramolecular Hbond substituents is 1. The average molecular weight is 1040 g/mol. The molecule has 10 nitrogen and oxygen atoms in total. The third-order valence-corrected chi connectivity index (χ3v) is 14.8. The zero-order valence-electron chi connectivity index (χ0n) is 42.2. The summed E-state index contributed by atoms with van der Waals surface area (Å²) in [5, 5.41) is 9.97. The van der Waals surface area contributed by atoms with Gasteiger partial charge in [-0.3, -0.25) is 4.55 Å². The Balaban J connectivity index is 0.825. The largest absolute Gasteiger partial charge is 0.507 e. The molecule has 10 aromatic rings. The van der Waals surface area contributed by atoms with Gasteiger partial charge in [-0.15, -0.1) is 0 Å². The maximum absolute atomic E-state index is 12.4. The number of unbranched alkanes of at least 4 members (excludes halogenated alkanes) is 1. The van der Waals surface area contributed by atoms with E-state index in [1.54, 1.807) is 30.3 Å². The molecule has 0 atom stereocenters. The van der Waals surface area contributed by atoms with Crippen LogP contribution in [-0.2, 0) is 10.1 Å². The number of aromatic hydroxyl groups is 1. The topological polar surface area (TPSA) is 150 Å². The van der Waals surface area contributed by atoms with Crippen molar-refractivity contribution in [3.63, 3.8) is 0 Å². The van der Waals surface area contributed by atoms with Crippen molar-refractivity contribution in [1.29, 1.82) is 0 Å². The molecule has 2 aliphatic rings. The molecular weight excluding hydrogens is 989 g/mol. The van der Waals surface area contributed by atoms with Crippen molar-refractivity contribution >= 4 is 56.5 Å². The molecule has 0 saturated carbocycles. The lowest BCUT2D eigenvalue weighted by atomic mass is 9.85. The van der Waals surface area contributed by atoms with Crippen LogP contribution in [0.2, 0.25) is 0 Å². The van der Waals surface area contributed by atoms with E-state index < -0.39 is 10.1 Å². The Hall–Kier alpha value is -9.68. The summed E-state index contributed by atoms with van der Waals surface area (Å²) in [6.07, 6.45) is 9.93. The molecule has 0 fully saturated rings. The highest BCUT2D eigenvalue weighted by molar-refractivity contribution is 7.85. The van der Waals surface area contributed by atoms with Gasteiger partial charge < -0.3 is 24.5 Å². The summed E-state index contributed by atoms with van der Waals surface area (Å²) < 4.78 is 47.3. The summed E-state index contributed by atoms with van der Waals surface area (Å²) in [7, 11) is -4.53. The van der Waals surface area contributed by atoms with Gasteiger partial charge in [0.1, 0.15) is 22.1 Å². The number of fused-ring (bicyclic) bond motifs is 8. The van der Waals surface area contributed by atoms with Crippen molar-refractivity contribution in [2.45, 2.75) is 17.7 Å². The third kappa shape index (κ3) is 10.2. The van der Waals surface area contributed by atoms with Gasteiger partial charge in [-0.25, -0.2) is 9.97 Å². The predicted octanol–water partition coefficient (Wildman–Crippen LogP) is 15.5. The zero-order chi connectivity index (χ0) is 53.0. The minimum absolute atomic E-state index is 0.0787. The second kappa shape index (κ2) is 21.5. The number of nitrogens with zero attached hydrogens (tertiary/aromatic N) is 2. The normalized spacial score (nSPS) is 11.9. The molecule has 2 aliphatic heterocycles. The molecular formula is C67H51N4O6S+. The Kier molecular flexibility index (Phi) is 13.6. The van der Waals surface area contributed by atoms with E-state index in [0.29, 0.717) is 41.6 Å². The second-order valence-electron chi connectivity index (χ2n) is 18.9. The first-order valence-corrected chi connectivity index (χ1v) is 27.2. The molecule has 12 rings (SSSR count). The number of hydrogen-bond acceptors (Lipinski definition) is 7. The van der Waals surface area contributed by atoms with Gasteiger partial charge in [0.05, 0.1) is 58.6 Å². The first-order chi connectivity index (χ1) is 38.2. The van der Waals surface area contributed by atoms with Gasteiger partial charge in [-0.2, -0.15) is 8.42 Å². The number of benzene rings is 7. The standard InChI is InChI=1S/C67H50N4O6S/c72-50-28-22-47(23-29-50)63(53-20-10-11-21-62(53)78(73,74)75)48-24-30-51(31-25-48)76-42-12-13-43-77-52-32-26-49(27-33-52)67-60-40-38-58(70-60)65(45-16-6-2-7-17-45)56-36-34-54(68-56)64(44-14-4-1-5-15-44)55-35-37-57(69-55)66(46-18-8-3-9-19-46)59-39-41-61(67)71-59/h1-11,14-41H,12-13,42-43H2,(H3-,68,69,70,71,72,73,74,75)/p+1. The molecule has 5 heterocycles. The summed E-state index contributed by atoms with van der Waals surface area (Å²) in [5.74, 6) is 2.06. The Labute approximate surface area is 452 Å². The van der Waals surface area contributed by atoms with Crippen molar-refractivity contribution in [1.82, 2.24) is 19.9 Å². The molecule has 8 bridgehead atoms. The lowest BCUT2D eigenvalue weighted by Gasteiger charge is -2.16. The van der Waals surface area contributed by atoms with E-state index in [4.69, 9.17) is 19.4 Å². The van der Waals surface area contributed by atoms with Crippen LogP contribution in [0.5, 0.6) is 17.2 Å². The molecule has 4 N–H and O–H groups in total. The van der Waals surface area contributed by atoms with Crippen molar-refractivity contribution in [3.05, 3.63) is 258 Å². The van der Waals surface area contributed by atoms with Crippen LogP contribution >= 0.6 is 0 Å². The van der Waals surface area contributed by atoms with E-state index in [9.17, 15) is 18.1 Å². The summed E-state index contributed by atoms with van der Waals surface area (Å²) in [5.41, 5.74) is 16.8. The Bertz CT molecular complexity index is 4120. The van der Waals surface area contributed by atoms with Crippen LogP contribution in [0, 0.1) is 5.92 Å². The highest BCUT2D eigenvalue weighted by atomic mass is 32.2. The van der Waals surface area contributed by atoms with Crippen molar-refractivity contribution in [3.8, 4) is 61.8 Å². The molecule has 0 spiro atoms. The minimum Gasteiger partial charge on any atom is -0.507 e. The van der Waals surface area contributed by atoms with Gasteiger partial charge in [-0.05, 0) is 144 Å². The van der Waals surface area contributed by atoms with Gasteiger partial charge in [0.25, 0.3) is 0 Å². The van der Waals surface area contributed by atoms with Crippen LogP contribution in [-0.4, -0.2) is 51.2 Å². The number of aromatic amines is 2. The van der Waals surface area contributed by atoms with Gasteiger partial charge in [0.2, 0.25) is 0 Å². The number of nitrogens with one attached hydrogen (secondary N) is 2. The van der Waals surface area contributed by atoms with Crippen LogP contribution in [0.15, 0.2) is 217 Å². The van der Waals surface area contributed by atoms with E-state index in [2.05, 4.69) is 143 Å². The summed E-state index contributed by atoms with van der Waals surface area (Å²) >= 11 is 0. The Morgan fingerprint density at radius 1 is 0.410 bits per heavy atom. The van der Waals surface area contributed by atoms with E-state index in [1.807, 2.05) is 54.6 Å². The Morgan fingerprint density at radius 2 is 0.756 bits per heavy atom. The van der Waals surface area contributed by atoms with E-state index in [-0.39, 0.29) is 10.6 Å². The maximum atomic E-state index is 12.4. The summed E-state index contributed by atoms with van der Waals surface area (Å²) in [4.78, 5) is 18.3. The van der Waals surface area contributed by atoms with Crippen LogP contribution in [0.3, 0.4) is 0 Å². The third-order valence-electron chi connectivity index (χ3n) is 13.9. The monoisotopic (exact) mass is 1040 g/mol. The molecule has 0 aliphatic carbocycles. The molecule has 7 aromatic carbocycles. The van der Waals surface area contributed by atoms with Crippen LogP contribution in [0.4, 0.5) is 0 Å². The molecule has 380 valence electrons.